The molecule has 106 valence electrons. The minimum absolute atomic E-state index is 0.706. The second-order valence-electron chi connectivity index (χ2n) is 6.27. The first kappa shape index (κ1) is 12.8. The lowest BCUT2D eigenvalue weighted by molar-refractivity contribution is 0.0995. The average Bonchev–Trinajstić information content (AvgIpc) is 3.32. The molecule has 0 spiro atoms. The Morgan fingerprint density at radius 3 is 2.10 bits per heavy atom. The summed E-state index contributed by atoms with van der Waals surface area (Å²) in [7, 11) is 0. The van der Waals surface area contributed by atoms with Gasteiger partial charge < -0.3 is 5.11 Å². The average molecular weight is 276 g/mol. The van der Waals surface area contributed by atoms with Gasteiger partial charge in [0, 0.05) is 0 Å². The Morgan fingerprint density at radius 1 is 0.857 bits per heavy atom. The van der Waals surface area contributed by atoms with Crippen molar-refractivity contribution in [3.63, 3.8) is 0 Å². The summed E-state index contributed by atoms with van der Waals surface area (Å²) < 4.78 is 0. The number of rotatable bonds is 3. The lowest BCUT2D eigenvalue weighted by Crippen LogP contribution is -2.24. The number of aliphatic hydroxyl groups is 1. The highest BCUT2D eigenvalue weighted by Gasteiger charge is 2.44. The van der Waals surface area contributed by atoms with Crippen molar-refractivity contribution in [2.45, 2.75) is 31.3 Å². The molecule has 0 amide bonds. The molecule has 0 saturated heterocycles. The molecule has 2 aromatic carbocycles. The zero-order chi connectivity index (χ0) is 14.3. The first-order chi connectivity index (χ1) is 10.3. The van der Waals surface area contributed by atoms with Crippen molar-refractivity contribution in [2.75, 3.05) is 0 Å². The SMILES string of the molecule is OC1(c2ccccc2)CCC(C2CC2)=C1c1ccccc1. The van der Waals surface area contributed by atoms with Gasteiger partial charge in [-0.15, -0.1) is 0 Å². The van der Waals surface area contributed by atoms with Crippen LogP contribution >= 0.6 is 0 Å². The molecule has 1 N–H and O–H groups in total. The third-order valence-electron chi connectivity index (χ3n) is 4.87. The normalized spacial score (nSPS) is 25.4. The first-order valence-corrected chi connectivity index (χ1v) is 7.86. The van der Waals surface area contributed by atoms with Gasteiger partial charge in [0.25, 0.3) is 0 Å². The Kier molecular flexibility index (Phi) is 2.97. The molecule has 0 radical (unpaired) electrons. The summed E-state index contributed by atoms with van der Waals surface area (Å²) in [5, 5.41) is 11.5. The Labute approximate surface area is 126 Å². The van der Waals surface area contributed by atoms with E-state index >= 15 is 0 Å². The van der Waals surface area contributed by atoms with E-state index in [4.69, 9.17) is 0 Å². The number of allylic oxidation sites excluding steroid dienone is 1. The van der Waals surface area contributed by atoms with Gasteiger partial charge in [0.1, 0.15) is 5.60 Å². The van der Waals surface area contributed by atoms with Crippen molar-refractivity contribution in [1.29, 1.82) is 0 Å². The van der Waals surface area contributed by atoms with Gasteiger partial charge in [-0.25, -0.2) is 0 Å². The summed E-state index contributed by atoms with van der Waals surface area (Å²) in [4.78, 5) is 0. The predicted octanol–water partition coefficient (Wildman–Crippen LogP) is 4.53. The maximum atomic E-state index is 11.5. The molecule has 2 aliphatic rings. The molecule has 2 aliphatic carbocycles. The van der Waals surface area contributed by atoms with Crippen molar-refractivity contribution in [1.82, 2.24) is 0 Å². The van der Waals surface area contributed by atoms with E-state index in [1.807, 2.05) is 24.3 Å². The van der Waals surface area contributed by atoms with Gasteiger partial charge in [-0.05, 0) is 48.3 Å². The quantitative estimate of drug-likeness (QED) is 0.873. The van der Waals surface area contributed by atoms with E-state index in [-0.39, 0.29) is 0 Å². The molecule has 0 bridgehead atoms. The summed E-state index contributed by atoms with van der Waals surface area (Å²) in [6.07, 6.45) is 4.42. The molecule has 1 fully saturated rings. The first-order valence-electron chi connectivity index (χ1n) is 7.86. The maximum absolute atomic E-state index is 11.5. The smallest absolute Gasteiger partial charge is 0.115 e. The third-order valence-corrected chi connectivity index (χ3v) is 4.87. The van der Waals surface area contributed by atoms with Crippen LogP contribution in [0.5, 0.6) is 0 Å². The van der Waals surface area contributed by atoms with Crippen molar-refractivity contribution in [3.05, 3.63) is 77.4 Å². The van der Waals surface area contributed by atoms with Crippen molar-refractivity contribution in [3.8, 4) is 0 Å². The van der Waals surface area contributed by atoms with E-state index in [1.165, 1.54) is 29.6 Å². The Balaban J connectivity index is 1.88. The highest BCUT2D eigenvalue weighted by atomic mass is 16.3. The van der Waals surface area contributed by atoms with E-state index in [0.29, 0.717) is 5.92 Å². The number of benzene rings is 2. The van der Waals surface area contributed by atoms with Gasteiger partial charge in [0.15, 0.2) is 0 Å². The summed E-state index contributed by atoms with van der Waals surface area (Å²) >= 11 is 0. The van der Waals surface area contributed by atoms with Crippen LogP contribution in [0.15, 0.2) is 66.2 Å². The van der Waals surface area contributed by atoms with Gasteiger partial charge in [-0.2, -0.15) is 0 Å². The molecule has 0 aliphatic heterocycles. The monoisotopic (exact) mass is 276 g/mol. The Bertz CT molecular complexity index is 667. The van der Waals surface area contributed by atoms with Gasteiger partial charge >= 0.3 is 0 Å². The second kappa shape index (κ2) is 4.85. The number of hydrogen-bond acceptors (Lipinski definition) is 1. The summed E-state index contributed by atoms with van der Waals surface area (Å²) in [6, 6.07) is 20.6. The van der Waals surface area contributed by atoms with Crippen molar-refractivity contribution >= 4 is 5.57 Å². The van der Waals surface area contributed by atoms with E-state index in [1.54, 1.807) is 0 Å². The second-order valence-corrected chi connectivity index (χ2v) is 6.27. The molecule has 4 rings (SSSR count). The van der Waals surface area contributed by atoms with Gasteiger partial charge in [-0.3, -0.25) is 0 Å². The fourth-order valence-electron chi connectivity index (χ4n) is 3.70. The van der Waals surface area contributed by atoms with Crippen LogP contribution in [-0.4, -0.2) is 5.11 Å². The van der Waals surface area contributed by atoms with Crippen molar-refractivity contribution < 1.29 is 5.11 Å². The van der Waals surface area contributed by atoms with Crippen molar-refractivity contribution in [2.24, 2.45) is 5.92 Å². The number of hydrogen-bond donors (Lipinski definition) is 1. The molecular weight excluding hydrogens is 256 g/mol. The van der Waals surface area contributed by atoms with Crippen LogP contribution in [0.4, 0.5) is 0 Å². The summed E-state index contributed by atoms with van der Waals surface area (Å²) in [5.74, 6) is 0.706. The van der Waals surface area contributed by atoms with Crippen LogP contribution in [0.25, 0.3) is 5.57 Å². The largest absolute Gasteiger partial charge is 0.380 e. The Morgan fingerprint density at radius 2 is 1.48 bits per heavy atom. The minimum atomic E-state index is -0.819. The molecule has 0 heterocycles. The predicted molar refractivity (Wildman–Crippen MR) is 85.7 cm³/mol. The van der Waals surface area contributed by atoms with Crippen LogP contribution in [0.1, 0.15) is 36.8 Å². The molecule has 1 unspecified atom stereocenters. The molecule has 1 heteroatoms. The van der Waals surface area contributed by atoms with E-state index in [2.05, 4.69) is 36.4 Å². The lowest BCUT2D eigenvalue weighted by atomic mass is 9.83. The molecule has 0 aromatic heterocycles. The highest BCUT2D eigenvalue weighted by Crippen LogP contribution is 2.54. The van der Waals surface area contributed by atoms with Gasteiger partial charge in [-0.1, -0.05) is 66.2 Å². The molecule has 1 nitrogen and oxygen atoms in total. The summed E-state index contributed by atoms with van der Waals surface area (Å²) in [5.41, 5.74) is 4.06. The molecule has 1 saturated carbocycles. The van der Waals surface area contributed by atoms with Gasteiger partial charge in [0.05, 0.1) is 0 Å². The maximum Gasteiger partial charge on any atom is 0.115 e. The van der Waals surface area contributed by atoms with Crippen LogP contribution in [0.2, 0.25) is 0 Å². The fourth-order valence-corrected chi connectivity index (χ4v) is 3.70. The molecule has 2 aromatic rings. The fraction of sp³-hybridized carbons (Fsp3) is 0.300. The van der Waals surface area contributed by atoms with Crippen LogP contribution in [0, 0.1) is 5.92 Å². The molecule has 1 atom stereocenters. The minimum Gasteiger partial charge on any atom is -0.380 e. The zero-order valence-corrected chi connectivity index (χ0v) is 12.1. The van der Waals surface area contributed by atoms with Gasteiger partial charge in [0.2, 0.25) is 0 Å². The Hall–Kier alpha value is -1.86. The van der Waals surface area contributed by atoms with Crippen LogP contribution in [0.3, 0.4) is 0 Å². The molecular formula is C20H20O. The topological polar surface area (TPSA) is 20.2 Å². The van der Waals surface area contributed by atoms with E-state index in [9.17, 15) is 5.11 Å². The summed E-state index contributed by atoms with van der Waals surface area (Å²) in [6.45, 7) is 0. The van der Waals surface area contributed by atoms with E-state index < -0.39 is 5.60 Å². The molecule has 21 heavy (non-hydrogen) atoms. The standard InChI is InChI=1S/C20H20O/c21-20(17-9-5-2-6-10-17)14-13-18(15-11-12-15)19(20)16-7-3-1-4-8-16/h1-10,15,21H,11-14H2. The highest BCUT2D eigenvalue weighted by molar-refractivity contribution is 5.79. The van der Waals surface area contributed by atoms with Crippen LogP contribution < -0.4 is 0 Å². The van der Waals surface area contributed by atoms with Crippen LogP contribution in [-0.2, 0) is 5.60 Å². The zero-order valence-electron chi connectivity index (χ0n) is 12.1. The van der Waals surface area contributed by atoms with E-state index in [0.717, 1.165) is 18.4 Å². The lowest BCUT2D eigenvalue weighted by Gasteiger charge is -2.28. The third kappa shape index (κ3) is 2.13.